The first-order valence-electron chi connectivity index (χ1n) is 7.57. The van der Waals surface area contributed by atoms with Gasteiger partial charge in [0.05, 0.1) is 27.0 Å². The van der Waals surface area contributed by atoms with Crippen LogP contribution in [0.4, 0.5) is 14.5 Å². The van der Waals surface area contributed by atoms with Crippen LogP contribution in [0.3, 0.4) is 0 Å². The molecule has 0 aliphatic carbocycles. The highest BCUT2D eigenvalue weighted by atomic mass is 19.1. The lowest BCUT2D eigenvalue weighted by Gasteiger charge is -2.29. The van der Waals surface area contributed by atoms with Crippen LogP contribution in [0.25, 0.3) is 0 Å². The number of nitrogens with one attached hydrogen (secondary N) is 1. The van der Waals surface area contributed by atoms with Crippen LogP contribution in [-0.2, 0) is 4.79 Å². The van der Waals surface area contributed by atoms with E-state index < -0.39 is 17.6 Å². The number of benzene rings is 2. The molecule has 0 saturated heterocycles. The Morgan fingerprint density at radius 2 is 1.76 bits per heavy atom. The Labute approximate surface area is 143 Å². The molecule has 1 aliphatic rings. The first kappa shape index (κ1) is 17.0. The first-order valence-corrected chi connectivity index (χ1v) is 7.57. The summed E-state index contributed by atoms with van der Waals surface area (Å²) in [5.41, 5.74) is 1.02. The SMILES string of the molecule is COc1cc2c(c(OC)c1OC)C(c1cc(F)ccc1F)CC(=O)N2. The number of rotatable bonds is 4. The fourth-order valence-corrected chi connectivity index (χ4v) is 3.16. The summed E-state index contributed by atoms with van der Waals surface area (Å²) in [5, 5.41) is 2.72. The molecule has 132 valence electrons. The highest BCUT2D eigenvalue weighted by Gasteiger charge is 2.34. The number of carbonyl (C=O) groups is 1. The van der Waals surface area contributed by atoms with Crippen molar-refractivity contribution in [3.8, 4) is 17.2 Å². The zero-order chi connectivity index (χ0) is 18.1. The standard InChI is InChI=1S/C18H17F2NO4/c1-23-14-8-13-16(18(25-3)17(14)24-2)11(7-15(22)21-13)10-6-9(19)4-5-12(10)20/h4-6,8,11H,7H2,1-3H3,(H,21,22). The maximum atomic E-state index is 14.3. The maximum absolute atomic E-state index is 14.3. The molecule has 3 rings (SSSR count). The monoisotopic (exact) mass is 349 g/mol. The van der Waals surface area contributed by atoms with Gasteiger partial charge in [-0.05, 0) is 23.8 Å². The van der Waals surface area contributed by atoms with Crippen molar-refractivity contribution in [3.05, 3.63) is 47.0 Å². The minimum Gasteiger partial charge on any atom is -0.493 e. The van der Waals surface area contributed by atoms with E-state index in [2.05, 4.69) is 5.32 Å². The molecule has 1 unspecified atom stereocenters. The normalized spacial score (nSPS) is 16.0. The average molecular weight is 349 g/mol. The maximum Gasteiger partial charge on any atom is 0.225 e. The van der Waals surface area contributed by atoms with E-state index in [1.807, 2.05) is 0 Å². The molecule has 1 aliphatic heterocycles. The van der Waals surface area contributed by atoms with Gasteiger partial charge in [0.2, 0.25) is 11.7 Å². The lowest BCUT2D eigenvalue weighted by Crippen LogP contribution is -2.25. The van der Waals surface area contributed by atoms with Crippen LogP contribution in [0.1, 0.15) is 23.5 Å². The summed E-state index contributed by atoms with van der Waals surface area (Å²) in [6.45, 7) is 0. The Bertz CT molecular complexity index is 838. The van der Waals surface area contributed by atoms with E-state index in [1.165, 1.54) is 21.3 Å². The number of anilines is 1. The van der Waals surface area contributed by atoms with Crippen LogP contribution >= 0.6 is 0 Å². The van der Waals surface area contributed by atoms with Gasteiger partial charge in [-0.2, -0.15) is 0 Å². The first-order chi connectivity index (χ1) is 12.0. The number of methoxy groups -OCH3 is 3. The van der Waals surface area contributed by atoms with E-state index in [9.17, 15) is 13.6 Å². The number of ether oxygens (including phenoxy) is 3. The van der Waals surface area contributed by atoms with Gasteiger partial charge in [0.15, 0.2) is 11.5 Å². The van der Waals surface area contributed by atoms with Crippen molar-refractivity contribution in [1.29, 1.82) is 0 Å². The fraction of sp³-hybridized carbons (Fsp3) is 0.278. The van der Waals surface area contributed by atoms with Gasteiger partial charge in [-0.15, -0.1) is 0 Å². The summed E-state index contributed by atoms with van der Waals surface area (Å²) in [7, 11) is 4.34. The molecule has 0 fully saturated rings. The van der Waals surface area contributed by atoms with Crippen LogP contribution in [-0.4, -0.2) is 27.2 Å². The summed E-state index contributed by atoms with van der Waals surface area (Å²) in [5.74, 6) is -1.21. The van der Waals surface area contributed by atoms with Crippen molar-refractivity contribution in [3.63, 3.8) is 0 Å². The molecule has 2 aromatic carbocycles. The van der Waals surface area contributed by atoms with E-state index in [-0.39, 0.29) is 17.9 Å². The predicted octanol–water partition coefficient (Wildman–Crippen LogP) is 3.46. The third-order valence-corrected chi connectivity index (χ3v) is 4.21. The van der Waals surface area contributed by atoms with Crippen molar-refractivity contribution in [2.24, 2.45) is 0 Å². The third-order valence-electron chi connectivity index (χ3n) is 4.21. The Morgan fingerprint density at radius 1 is 1.04 bits per heavy atom. The Hall–Kier alpha value is -2.83. The summed E-state index contributed by atoms with van der Waals surface area (Å²) in [6, 6.07) is 4.76. The Morgan fingerprint density at radius 3 is 2.40 bits per heavy atom. The van der Waals surface area contributed by atoms with Gasteiger partial charge in [0, 0.05) is 24.0 Å². The minimum absolute atomic E-state index is 0.0424. The molecule has 1 atom stereocenters. The molecular weight excluding hydrogens is 332 g/mol. The molecule has 0 saturated carbocycles. The summed E-state index contributed by atoms with van der Waals surface area (Å²) < 4.78 is 44.1. The van der Waals surface area contributed by atoms with Gasteiger partial charge in [-0.3, -0.25) is 4.79 Å². The van der Waals surface area contributed by atoms with E-state index in [0.717, 1.165) is 18.2 Å². The summed E-state index contributed by atoms with van der Waals surface area (Å²) in [4.78, 5) is 12.1. The topological polar surface area (TPSA) is 56.8 Å². The smallest absolute Gasteiger partial charge is 0.225 e. The zero-order valence-electron chi connectivity index (χ0n) is 14.0. The highest BCUT2D eigenvalue weighted by molar-refractivity contribution is 5.97. The average Bonchev–Trinajstić information content (AvgIpc) is 2.61. The minimum atomic E-state index is -0.714. The highest BCUT2D eigenvalue weighted by Crippen LogP contribution is 2.51. The van der Waals surface area contributed by atoms with Crippen LogP contribution in [0.15, 0.2) is 24.3 Å². The van der Waals surface area contributed by atoms with Crippen molar-refractivity contribution >= 4 is 11.6 Å². The molecule has 1 amide bonds. The van der Waals surface area contributed by atoms with E-state index in [0.29, 0.717) is 28.5 Å². The van der Waals surface area contributed by atoms with Crippen LogP contribution in [0.5, 0.6) is 17.2 Å². The van der Waals surface area contributed by atoms with E-state index in [1.54, 1.807) is 6.07 Å². The fourth-order valence-electron chi connectivity index (χ4n) is 3.16. The van der Waals surface area contributed by atoms with Crippen LogP contribution in [0, 0.1) is 11.6 Å². The Balaban J connectivity index is 2.29. The van der Waals surface area contributed by atoms with Gasteiger partial charge in [0.25, 0.3) is 0 Å². The number of hydrogen-bond acceptors (Lipinski definition) is 4. The van der Waals surface area contributed by atoms with Gasteiger partial charge < -0.3 is 19.5 Å². The molecule has 1 N–H and O–H groups in total. The second-order valence-electron chi connectivity index (χ2n) is 5.58. The van der Waals surface area contributed by atoms with Crippen LogP contribution < -0.4 is 19.5 Å². The quantitative estimate of drug-likeness (QED) is 0.918. The second-order valence-corrected chi connectivity index (χ2v) is 5.58. The van der Waals surface area contributed by atoms with Crippen molar-refractivity contribution in [2.75, 3.05) is 26.6 Å². The third kappa shape index (κ3) is 2.86. The zero-order valence-corrected chi connectivity index (χ0v) is 14.0. The van der Waals surface area contributed by atoms with Gasteiger partial charge in [-0.1, -0.05) is 0 Å². The number of halogens is 2. The van der Waals surface area contributed by atoms with Gasteiger partial charge in [0.1, 0.15) is 11.6 Å². The molecule has 0 aromatic heterocycles. The van der Waals surface area contributed by atoms with Crippen molar-refractivity contribution in [1.82, 2.24) is 0 Å². The lowest BCUT2D eigenvalue weighted by molar-refractivity contribution is -0.116. The van der Waals surface area contributed by atoms with E-state index in [4.69, 9.17) is 14.2 Å². The van der Waals surface area contributed by atoms with Crippen LogP contribution in [0.2, 0.25) is 0 Å². The molecule has 0 bridgehead atoms. The number of carbonyl (C=O) groups excluding carboxylic acids is 1. The number of amides is 1. The van der Waals surface area contributed by atoms with Gasteiger partial charge in [-0.25, -0.2) is 8.78 Å². The summed E-state index contributed by atoms with van der Waals surface area (Å²) in [6.07, 6.45) is -0.0424. The number of fused-ring (bicyclic) bond motifs is 1. The molecule has 2 aromatic rings. The van der Waals surface area contributed by atoms with E-state index >= 15 is 0 Å². The predicted molar refractivity (Wildman–Crippen MR) is 87.5 cm³/mol. The molecule has 5 nitrogen and oxygen atoms in total. The van der Waals surface area contributed by atoms with Gasteiger partial charge >= 0.3 is 0 Å². The van der Waals surface area contributed by atoms with Crippen molar-refractivity contribution in [2.45, 2.75) is 12.3 Å². The molecule has 1 heterocycles. The lowest BCUT2D eigenvalue weighted by atomic mass is 9.83. The number of hydrogen-bond donors (Lipinski definition) is 1. The molecule has 7 heteroatoms. The largest absolute Gasteiger partial charge is 0.493 e. The molecule has 0 spiro atoms. The molecule has 25 heavy (non-hydrogen) atoms. The molecule has 0 radical (unpaired) electrons. The van der Waals surface area contributed by atoms with Crippen molar-refractivity contribution < 1.29 is 27.8 Å². The molecular formula is C18H17F2NO4. The second kappa shape index (κ2) is 6.58. The summed E-state index contributed by atoms with van der Waals surface area (Å²) >= 11 is 0. The Kier molecular flexibility index (Phi) is 4.48.